The maximum absolute atomic E-state index is 12.6. The Morgan fingerprint density at radius 3 is 2.87 bits per heavy atom. The Hall–Kier alpha value is -2.14. The number of benzene rings is 1. The minimum absolute atomic E-state index is 0.0587. The van der Waals surface area contributed by atoms with Crippen LogP contribution in [-0.4, -0.2) is 33.4 Å². The molecule has 122 valence electrons. The summed E-state index contributed by atoms with van der Waals surface area (Å²) in [5, 5.41) is 16.6. The molecule has 0 saturated heterocycles. The first-order valence-corrected chi connectivity index (χ1v) is 8.30. The zero-order chi connectivity index (χ0) is 16.1. The molecule has 0 radical (unpaired) electrons. The second kappa shape index (κ2) is 7.42. The van der Waals surface area contributed by atoms with E-state index in [1.54, 1.807) is 10.9 Å². The molecule has 23 heavy (non-hydrogen) atoms. The normalized spacial score (nSPS) is 16.4. The lowest BCUT2D eigenvalue weighted by Crippen LogP contribution is -2.40. The van der Waals surface area contributed by atoms with Crippen molar-refractivity contribution < 1.29 is 9.90 Å². The number of hydrogen-bond donors (Lipinski definition) is 2. The average molecular weight is 313 g/mol. The van der Waals surface area contributed by atoms with Crippen molar-refractivity contribution in [2.75, 3.05) is 6.61 Å². The lowest BCUT2D eigenvalue weighted by molar-refractivity contribution is 0.0911. The van der Waals surface area contributed by atoms with Gasteiger partial charge in [0.1, 0.15) is 0 Å². The molecule has 1 unspecified atom stereocenters. The van der Waals surface area contributed by atoms with E-state index in [9.17, 15) is 9.90 Å². The van der Waals surface area contributed by atoms with Crippen LogP contribution in [0.25, 0.3) is 5.69 Å². The van der Waals surface area contributed by atoms with E-state index in [1.807, 2.05) is 36.5 Å². The van der Waals surface area contributed by atoms with Crippen LogP contribution in [0.1, 0.15) is 42.5 Å². The zero-order valence-electron chi connectivity index (χ0n) is 13.2. The van der Waals surface area contributed by atoms with Crippen LogP contribution in [0.15, 0.2) is 42.7 Å². The number of carbonyl (C=O) groups excluding carboxylic acids is 1. The highest BCUT2D eigenvalue weighted by Gasteiger charge is 2.26. The van der Waals surface area contributed by atoms with Crippen molar-refractivity contribution in [1.29, 1.82) is 0 Å². The molecule has 1 aromatic carbocycles. The van der Waals surface area contributed by atoms with Crippen LogP contribution in [0.2, 0.25) is 0 Å². The molecule has 2 aromatic rings. The highest BCUT2D eigenvalue weighted by molar-refractivity contribution is 5.94. The maximum Gasteiger partial charge on any atom is 0.251 e. The van der Waals surface area contributed by atoms with E-state index in [2.05, 4.69) is 10.4 Å². The number of rotatable bonds is 6. The molecule has 5 nitrogen and oxygen atoms in total. The lowest BCUT2D eigenvalue weighted by atomic mass is 9.95. The Balaban J connectivity index is 1.72. The Morgan fingerprint density at radius 2 is 2.17 bits per heavy atom. The van der Waals surface area contributed by atoms with Gasteiger partial charge < -0.3 is 10.4 Å². The zero-order valence-corrected chi connectivity index (χ0v) is 13.2. The fourth-order valence-electron chi connectivity index (χ4n) is 3.39. The third-order valence-corrected chi connectivity index (χ3v) is 4.60. The number of hydrogen-bond acceptors (Lipinski definition) is 3. The number of aliphatic hydroxyl groups is 1. The van der Waals surface area contributed by atoms with Crippen LogP contribution in [0.3, 0.4) is 0 Å². The first kappa shape index (κ1) is 15.7. The van der Waals surface area contributed by atoms with E-state index < -0.39 is 0 Å². The van der Waals surface area contributed by atoms with Gasteiger partial charge in [-0.1, -0.05) is 18.9 Å². The quantitative estimate of drug-likeness (QED) is 0.861. The molecule has 1 amide bonds. The molecule has 1 aliphatic rings. The predicted molar refractivity (Wildman–Crippen MR) is 88.5 cm³/mol. The third-order valence-electron chi connectivity index (χ3n) is 4.60. The molecule has 0 spiro atoms. The largest absolute Gasteiger partial charge is 0.396 e. The van der Waals surface area contributed by atoms with Gasteiger partial charge in [0.25, 0.3) is 5.91 Å². The summed E-state index contributed by atoms with van der Waals surface area (Å²) in [6, 6.07) is 9.35. The summed E-state index contributed by atoms with van der Waals surface area (Å²) in [6.07, 6.45) is 8.90. The number of aromatic nitrogens is 2. The van der Waals surface area contributed by atoms with Crippen molar-refractivity contribution in [3.05, 3.63) is 48.3 Å². The first-order valence-electron chi connectivity index (χ1n) is 8.30. The first-order chi connectivity index (χ1) is 11.3. The van der Waals surface area contributed by atoms with Crippen molar-refractivity contribution >= 4 is 5.91 Å². The molecule has 1 heterocycles. The number of nitrogens with one attached hydrogen (secondary N) is 1. The summed E-state index contributed by atoms with van der Waals surface area (Å²) in [5.74, 6) is 0.407. The van der Waals surface area contributed by atoms with Gasteiger partial charge in [-0.05, 0) is 49.4 Å². The molecule has 1 aromatic heterocycles. The molecule has 2 N–H and O–H groups in total. The van der Waals surface area contributed by atoms with Crippen LogP contribution in [0.5, 0.6) is 0 Å². The van der Waals surface area contributed by atoms with Crippen LogP contribution in [0, 0.1) is 5.92 Å². The van der Waals surface area contributed by atoms with E-state index in [4.69, 9.17) is 0 Å². The summed E-state index contributed by atoms with van der Waals surface area (Å²) in [6.45, 7) is 0.106. The summed E-state index contributed by atoms with van der Waals surface area (Å²) >= 11 is 0. The topological polar surface area (TPSA) is 67.2 Å². The van der Waals surface area contributed by atoms with Gasteiger partial charge in [0.15, 0.2) is 0 Å². The van der Waals surface area contributed by atoms with Gasteiger partial charge >= 0.3 is 0 Å². The van der Waals surface area contributed by atoms with E-state index in [0.29, 0.717) is 17.9 Å². The Kier molecular flexibility index (Phi) is 5.08. The fraction of sp³-hybridized carbons (Fsp3) is 0.444. The molecule has 3 rings (SSSR count). The predicted octanol–water partition coefficient (Wildman–Crippen LogP) is 2.54. The average Bonchev–Trinajstić information content (AvgIpc) is 3.28. The van der Waals surface area contributed by atoms with Crippen molar-refractivity contribution in [3.8, 4) is 5.69 Å². The van der Waals surface area contributed by atoms with Gasteiger partial charge in [-0.3, -0.25) is 4.79 Å². The fourth-order valence-corrected chi connectivity index (χ4v) is 3.39. The van der Waals surface area contributed by atoms with E-state index in [0.717, 1.165) is 18.5 Å². The van der Waals surface area contributed by atoms with Gasteiger partial charge in [-0.25, -0.2) is 4.68 Å². The van der Waals surface area contributed by atoms with Crippen LogP contribution in [0.4, 0.5) is 0 Å². The second-order valence-electron chi connectivity index (χ2n) is 6.14. The van der Waals surface area contributed by atoms with Crippen molar-refractivity contribution in [2.45, 2.75) is 38.1 Å². The van der Waals surface area contributed by atoms with Crippen LogP contribution < -0.4 is 5.32 Å². The molecular formula is C18H23N3O2. The van der Waals surface area contributed by atoms with Gasteiger partial charge in [-0.15, -0.1) is 0 Å². The number of carbonyl (C=O) groups is 1. The summed E-state index contributed by atoms with van der Waals surface area (Å²) in [7, 11) is 0. The Bertz CT molecular complexity index is 633. The minimum atomic E-state index is -0.0793. The van der Waals surface area contributed by atoms with Gasteiger partial charge in [0.2, 0.25) is 0 Å². The minimum Gasteiger partial charge on any atom is -0.396 e. The smallest absolute Gasteiger partial charge is 0.251 e. The Labute approximate surface area is 136 Å². The van der Waals surface area contributed by atoms with E-state index in [1.165, 1.54) is 12.8 Å². The van der Waals surface area contributed by atoms with Crippen LogP contribution >= 0.6 is 0 Å². The summed E-state index contributed by atoms with van der Waals surface area (Å²) in [5.41, 5.74) is 1.49. The third kappa shape index (κ3) is 3.79. The van der Waals surface area contributed by atoms with E-state index >= 15 is 0 Å². The lowest BCUT2D eigenvalue weighted by Gasteiger charge is -2.24. The van der Waals surface area contributed by atoms with E-state index in [-0.39, 0.29) is 18.6 Å². The van der Waals surface area contributed by atoms with Crippen molar-refractivity contribution in [2.24, 2.45) is 5.92 Å². The molecule has 1 aliphatic carbocycles. The standard InChI is InChI=1S/C18H23N3O2/c22-12-9-17(14-5-1-2-6-14)20-18(23)15-7-3-8-16(13-15)21-11-4-10-19-21/h3-4,7-8,10-11,13-14,17,22H,1-2,5-6,9,12H2,(H,20,23). The van der Waals surface area contributed by atoms with Crippen molar-refractivity contribution in [1.82, 2.24) is 15.1 Å². The van der Waals surface area contributed by atoms with Gasteiger partial charge in [-0.2, -0.15) is 5.10 Å². The van der Waals surface area contributed by atoms with Gasteiger partial charge in [0.05, 0.1) is 5.69 Å². The monoisotopic (exact) mass is 313 g/mol. The molecule has 5 heteroatoms. The SMILES string of the molecule is O=C(NC(CCO)C1CCCC1)c1cccc(-n2cccn2)c1. The molecule has 0 aliphatic heterocycles. The maximum atomic E-state index is 12.6. The molecule has 0 bridgehead atoms. The summed E-state index contributed by atoms with van der Waals surface area (Å²) < 4.78 is 1.74. The highest BCUT2D eigenvalue weighted by atomic mass is 16.3. The number of aliphatic hydroxyl groups excluding tert-OH is 1. The number of amides is 1. The molecule has 1 atom stereocenters. The summed E-state index contributed by atoms with van der Waals surface area (Å²) in [4.78, 5) is 12.6. The molecular weight excluding hydrogens is 290 g/mol. The van der Waals surface area contributed by atoms with Crippen molar-refractivity contribution in [3.63, 3.8) is 0 Å². The number of nitrogens with zero attached hydrogens (tertiary/aromatic N) is 2. The Morgan fingerprint density at radius 1 is 1.35 bits per heavy atom. The molecule has 1 saturated carbocycles. The molecule has 1 fully saturated rings. The van der Waals surface area contributed by atoms with Crippen LogP contribution in [-0.2, 0) is 0 Å². The highest BCUT2D eigenvalue weighted by Crippen LogP contribution is 2.29. The second-order valence-corrected chi connectivity index (χ2v) is 6.14. The van der Waals surface area contributed by atoms with Gasteiger partial charge in [0, 0.05) is 30.6 Å².